The summed E-state index contributed by atoms with van der Waals surface area (Å²) in [5, 5.41) is 5.29. The fraction of sp³-hybridized carbons (Fsp3) is 0.500. The van der Waals surface area contributed by atoms with Crippen LogP contribution < -0.4 is 10.2 Å². The number of hydrogen-bond acceptors (Lipinski definition) is 5. The molecule has 0 aliphatic heterocycles. The Morgan fingerprint density at radius 2 is 2.00 bits per heavy atom. The summed E-state index contributed by atoms with van der Waals surface area (Å²) in [5.74, 6) is 2.76. The second-order valence-electron chi connectivity index (χ2n) is 6.28. The van der Waals surface area contributed by atoms with Gasteiger partial charge in [0.25, 0.3) is 0 Å². The molecule has 0 aliphatic carbocycles. The second-order valence-corrected chi connectivity index (χ2v) is 7.31. The molecule has 2 rings (SSSR count). The SMILES string of the molecule is CNc1nc(C(C)(C)C)nc(N(C)Cc2cccs2)c1C. The van der Waals surface area contributed by atoms with E-state index in [1.807, 2.05) is 7.05 Å². The minimum Gasteiger partial charge on any atom is -0.373 e. The molecule has 5 heteroatoms. The lowest BCUT2D eigenvalue weighted by Gasteiger charge is -2.25. The van der Waals surface area contributed by atoms with Crippen LogP contribution in [0.1, 0.15) is 37.0 Å². The van der Waals surface area contributed by atoms with E-state index in [4.69, 9.17) is 4.98 Å². The Morgan fingerprint density at radius 1 is 1.29 bits per heavy atom. The average Bonchev–Trinajstić information content (AvgIpc) is 2.90. The molecule has 0 spiro atoms. The largest absolute Gasteiger partial charge is 0.373 e. The first-order valence-electron chi connectivity index (χ1n) is 7.13. The van der Waals surface area contributed by atoms with Gasteiger partial charge in [-0.15, -0.1) is 11.3 Å². The van der Waals surface area contributed by atoms with Gasteiger partial charge in [0, 0.05) is 30.0 Å². The number of aromatic nitrogens is 2. The van der Waals surface area contributed by atoms with Gasteiger partial charge in [0.1, 0.15) is 17.5 Å². The lowest BCUT2D eigenvalue weighted by molar-refractivity contribution is 0.544. The molecule has 0 aliphatic rings. The molecule has 0 bridgehead atoms. The molecule has 21 heavy (non-hydrogen) atoms. The van der Waals surface area contributed by atoms with E-state index in [1.165, 1.54) is 4.88 Å². The van der Waals surface area contributed by atoms with Crippen molar-refractivity contribution in [2.75, 3.05) is 24.3 Å². The molecule has 2 aromatic heterocycles. The van der Waals surface area contributed by atoms with Crippen molar-refractivity contribution in [3.05, 3.63) is 33.8 Å². The van der Waals surface area contributed by atoms with Crippen LogP contribution in [0.4, 0.5) is 11.6 Å². The number of rotatable bonds is 4. The molecule has 0 atom stereocenters. The van der Waals surface area contributed by atoms with Crippen LogP contribution in [0.3, 0.4) is 0 Å². The maximum atomic E-state index is 4.81. The number of anilines is 2. The molecule has 0 saturated heterocycles. The van der Waals surface area contributed by atoms with E-state index in [0.29, 0.717) is 0 Å². The Bertz CT molecular complexity index is 599. The molecule has 1 N–H and O–H groups in total. The van der Waals surface area contributed by atoms with Crippen LogP contribution in [0.2, 0.25) is 0 Å². The summed E-state index contributed by atoms with van der Waals surface area (Å²) in [7, 11) is 3.99. The van der Waals surface area contributed by atoms with Gasteiger partial charge < -0.3 is 10.2 Å². The van der Waals surface area contributed by atoms with E-state index in [-0.39, 0.29) is 5.41 Å². The topological polar surface area (TPSA) is 41.1 Å². The molecule has 0 amide bonds. The summed E-state index contributed by atoms with van der Waals surface area (Å²) in [6.07, 6.45) is 0. The highest BCUT2D eigenvalue weighted by Crippen LogP contribution is 2.28. The fourth-order valence-electron chi connectivity index (χ4n) is 2.17. The summed E-state index contributed by atoms with van der Waals surface area (Å²) >= 11 is 1.77. The molecular formula is C16H24N4S. The van der Waals surface area contributed by atoms with Gasteiger partial charge in [-0.25, -0.2) is 9.97 Å². The zero-order valence-electron chi connectivity index (χ0n) is 13.7. The van der Waals surface area contributed by atoms with Gasteiger partial charge >= 0.3 is 0 Å². The number of nitrogens with one attached hydrogen (secondary N) is 1. The van der Waals surface area contributed by atoms with Crippen molar-refractivity contribution in [2.24, 2.45) is 0 Å². The first-order valence-corrected chi connectivity index (χ1v) is 8.01. The molecular weight excluding hydrogens is 280 g/mol. The third kappa shape index (κ3) is 3.53. The number of nitrogens with zero attached hydrogens (tertiary/aromatic N) is 3. The van der Waals surface area contributed by atoms with Crippen LogP contribution in [0.25, 0.3) is 0 Å². The van der Waals surface area contributed by atoms with Crippen LogP contribution in [0, 0.1) is 6.92 Å². The first-order chi connectivity index (χ1) is 9.82. The highest BCUT2D eigenvalue weighted by Gasteiger charge is 2.22. The lowest BCUT2D eigenvalue weighted by atomic mass is 9.95. The highest BCUT2D eigenvalue weighted by atomic mass is 32.1. The maximum absolute atomic E-state index is 4.81. The predicted octanol–water partition coefficient (Wildman–Crippen LogP) is 3.82. The molecule has 2 aromatic rings. The molecule has 0 aromatic carbocycles. The summed E-state index contributed by atoms with van der Waals surface area (Å²) in [4.78, 5) is 13.0. The van der Waals surface area contributed by atoms with E-state index in [9.17, 15) is 0 Å². The predicted molar refractivity (Wildman–Crippen MR) is 91.4 cm³/mol. The Hall–Kier alpha value is -1.62. The van der Waals surface area contributed by atoms with Crippen LogP contribution in [0.15, 0.2) is 17.5 Å². The molecule has 4 nitrogen and oxygen atoms in total. The second kappa shape index (κ2) is 6.02. The third-order valence-electron chi connectivity index (χ3n) is 3.36. The van der Waals surface area contributed by atoms with Gasteiger partial charge in [-0.3, -0.25) is 0 Å². The van der Waals surface area contributed by atoms with Gasteiger partial charge in [-0.1, -0.05) is 26.8 Å². The normalized spacial score (nSPS) is 11.5. The maximum Gasteiger partial charge on any atom is 0.138 e. The van der Waals surface area contributed by atoms with Crippen molar-refractivity contribution >= 4 is 23.0 Å². The van der Waals surface area contributed by atoms with E-state index in [0.717, 1.165) is 29.6 Å². The lowest BCUT2D eigenvalue weighted by Crippen LogP contribution is -2.24. The average molecular weight is 304 g/mol. The Kier molecular flexibility index (Phi) is 4.52. The van der Waals surface area contributed by atoms with E-state index >= 15 is 0 Å². The van der Waals surface area contributed by atoms with E-state index < -0.39 is 0 Å². The summed E-state index contributed by atoms with van der Waals surface area (Å²) in [6.45, 7) is 9.35. The standard InChI is InChI=1S/C16H24N4S/c1-11-13(17-5)18-15(16(2,3)4)19-14(11)20(6)10-12-8-7-9-21-12/h7-9H,10H2,1-6H3,(H,17,18,19). The highest BCUT2D eigenvalue weighted by molar-refractivity contribution is 7.09. The molecule has 0 saturated carbocycles. The van der Waals surface area contributed by atoms with Crippen molar-refractivity contribution in [1.82, 2.24) is 9.97 Å². The smallest absolute Gasteiger partial charge is 0.138 e. The summed E-state index contributed by atoms with van der Waals surface area (Å²) in [6, 6.07) is 4.24. The molecule has 114 valence electrons. The van der Waals surface area contributed by atoms with E-state index in [2.05, 4.69) is 67.5 Å². The Morgan fingerprint density at radius 3 is 2.52 bits per heavy atom. The molecule has 2 heterocycles. The van der Waals surface area contributed by atoms with Gasteiger partial charge in [0.15, 0.2) is 0 Å². The summed E-state index contributed by atoms with van der Waals surface area (Å²) < 4.78 is 0. The third-order valence-corrected chi connectivity index (χ3v) is 4.22. The van der Waals surface area contributed by atoms with Crippen LogP contribution in [-0.4, -0.2) is 24.1 Å². The zero-order chi connectivity index (χ0) is 15.6. The van der Waals surface area contributed by atoms with Gasteiger partial charge in [0.05, 0.1) is 6.54 Å². The van der Waals surface area contributed by atoms with Gasteiger partial charge in [-0.2, -0.15) is 0 Å². The molecule has 0 radical (unpaired) electrons. The van der Waals surface area contributed by atoms with Gasteiger partial charge in [-0.05, 0) is 18.4 Å². The number of thiophene rings is 1. The van der Waals surface area contributed by atoms with Crippen molar-refractivity contribution < 1.29 is 0 Å². The fourth-order valence-corrected chi connectivity index (χ4v) is 2.92. The molecule has 0 fully saturated rings. The van der Waals surface area contributed by atoms with Crippen LogP contribution >= 0.6 is 11.3 Å². The Balaban J connectivity index is 2.41. The Labute approximate surface area is 131 Å². The van der Waals surface area contributed by atoms with Crippen LogP contribution in [-0.2, 0) is 12.0 Å². The minimum absolute atomic E-state index is 0.0716. The van der Waals surface area contributed by atoms with Crippen LogP contribution in [0.5, 0.6) is 0 Å². The van der Waals surface area contributed by atoms with Crippen molar-refractivity contribution in [3.8, 4) is 0 Å². The first kappa shape index (κ1) is 15.8. The van der Waals surface area contributed by atoms with Crippen molar-refractivity contribution in [2.45, 2.75) is 39.7 Å². The number of hydrogen-bond donors (Lipinski definition) is 1. The van der Waals surface area contributed by atoms with Gasteiger partial charge in [0.2, 0.25) is 0 Å². The zero-order valence-corrected chi connectivity index (χ0v) is 14.5. The summed E-state index contributed by atoms with van der Waals surface area (Å²) in [5.41, 5.74) is 1.02. The monoisotopic (exact) mass is 304 g/mol. The molecule has 0 unspecified atom stereocenters. The quantitative estimate of drug-likeness (QED) is 0.932. The minimum atomic E-state index is -0.0716. The van der Waals surface area contributed by atoms with Crippen molar-refractivity contribution in [1.29, 1.82) is 0 Å². The van der Waals surface area contributed by atoms with Crippen molar-refractivity contribution in [3.63, 3.8) is 0 Å². The van der Waals surface area contributed by atoms with E-state index in [1.54, 1.807) is 11.3 Å².